The molecule has 1 aliphatic rings. The Hall–Kier alpha value is -4.80. The highest BCUT2D eigenvalue weighted by atomic mass is 19.4. The second kappa shape index (κ2) is 12.8. The smallest absolute Gasteiger partial charge is 0.406 e. The third kappa shape index (κ3) is 6.56. The number of esters is 4. The van der Waals surface area contributed by atoms with Crippen LogP contribution in [0.1, 0.15) is 38.5 Å². The van der Waals surface area contributed by atoms with Crippen molar-refractivity contribution in [1.29, 1.82) is 0 Å². The van der Waals surface area contributed by atoms with E-state index >= 15 is 0 Å². The molecule has 0 bridgehead atoms. The number of benzene rings is 1. The van der Waals surface area contributed by atoms with Crippen molar-refractivity contribution in [3.63, 3.8) is 0 Å². The molecule has 3 heterocycles. The Bertz CT molecular complexity index is 1580. The number of methoxy groups -OCH3 is 2. The van der Waals surface area contributed by atoms with Gasteiger partial charge in [0.05, 0.1) is 20.5 Å². The summed E-state index contributed by atoms with van der Waals surface area (Å²) in [5.74, 6) is -6.34. The van der Waals surface area contributed by atoms with Gasteiger partial charge in [-0.15, -0.1) is 0 Å². The van der Waals surface area contributed by atoms with Crippen molar-refractivity contribution in [2.45, 2.75) is 57.4 Å². The van der Waals surface area contributed by atoms with Crippen molar-refractivity contribution in [2.24, 2.45) is 0 Å². The van der Waals surface area contributed by atoms with E-state index in [1.807, 2.05) is 0 Å². The molecule has 1 fully saturated rings. The van der Waals surface area contributed by atoms with Gasteiger partial charge in [-0.25, -0.2) is 15.0 Å². The van der Waals surface area contributed by atoms with E-state index in [9.17, 15) is 32.3 Å². The summed E-state index contributed by atoms with van der Waals surface area (Å²) in [5.41, 5.74) is -0.702. The molecule has 14 nitrogen and oxygen atoms in total. The largest absolute Gasteiger partial charge is 0.497 e. The van der Waals surface area contributed by atoms with Crippen LogP contribution in [0.3, 0.4) is 0 Å². The predicted octanol–water partition coefficient (Wildman–Crippen LogP) is 2.64. The van der Waals surface area contributed by atoms with Crippen LogP contribution in [-0.2, 0) is 42.9 Å². The third-order valence-electron chi connectivity index (χ3n) is 6.56. The molecule has 0 N–H and O–H groups in total. The Balaban J connectivity index is 1.87. The van der Waals surface area contributed by atoms with Crippen LogP contribution in [0, 0.1) is 0 Å². The summed E-state index contributed by atoms with van der Waals surface area (Å²) in [4.78, 5) is 60.5. The molecule has 0 saturated carbocycles. The van der Waals surface area contributed by atoms with Crippen molar-refractivity contribution >= 4 is 35.0 Å². The highest BCUT2D eigenvalue weighted by Crippen LogP contribution is 2.43. The fourth-order valence-electron chi connectivity index (χ4n) is 4.83. The van der Waals surface area contributed by atoms with Gasteiger partial charge in [0.1, 0.15) is 36.0 Å². The van der Waals surface area contributed by atoms with Crippen LogP contribution in [0.4, 0.5) is 13.2 Å². The number of aromatic nitrogens is 4. The van der Waals surface area contributed by atoms with Crippen molar-refractivity contribution in [3.05, 3.63) is 36.4 Å². The Morgan fingerprint density at radius 1 is 0.977 bits per heavy atom. The molecule has 0 aliphatic carbocycles. The molecule has 44 heavy (non-hydrogen) atoms. The fourth-order valence-corrected chi connectivity index (χ4v) is 4.83. The van der Waals surface area contributed by atoms with E-state index in [1.165, 1.54) is 30.1 Å². The molecular weight excluding hydrogens is 597 g/mol. The number of imidazole rings is 1. The van der Waals surface area contributed by atoms with Gasteiger partial charge < -0.3 is 28.4 Å². The molecule has 0 amide bonds. The first-order valence-corrected chi connectivity index (χ1v) is 12.9. The summed E-state index contributed by atoms with van der Waals surface area (Å²) in [6, 6.07) is 3.72. The number of hydrogen-bond acceptors (Lipinski definition) is 13. The highest BCUT2D eigenvalue weighted by molar-refractivity contribution is 5.91. The summed E-state index contributed by atoms with van der Waals surface area (Å²) in [5, 5.41) is 0. The average molecular weight is 625 g/mol. The molecule has 2 unspecified atom stereocenters. The lowest BCUT2D eigenvalue weighted by Gasteiger charge is -2.23. The van der Waals surface area contributed by atoms with Crippen LogP contribution < -0.4 is 4.74 Å². The third-order valence-corrected chi connectivity index (χ3v) is 6.56. The zero-order valence-corrected chi connectivity index (χ0v) is 24.0. The average Bonchev–Trinajstić information content (AvgIpc) is 3.51. The first-order chi connectivity index (χ1) is 20.8. The minimum Gasteiger partial charge on any atom is -0.497 e. The van der Waals surface area contributed by atoms with Crippen LogP contribution in [0.5, 0.6) is 5.75 Å². The van der Waals surface area contributed by atoms with Crippen LogP contribution in [0.2, 0.25) is 0 Å². The van der Waals surface area contributed by atoms with Gasteiger partial charge in [0.2, 0.25) is 0 Å². The molecule has 0 spiro atoms. The van der Waals surface area contributed by atoms with Gasteiger partial charge in [0.15, 0.2) is 30.0 Å². The van der Waals surface area contributed by atoms with Crippen LogP contribution in [0.15, 0.2) is 30.9 Å². The topological polar surface area (TPSA) is 167 Å². The zero-order valence-electron chi connectivity index (χ0n) is 24.0. The fraction of sp³-hybridized carbons (Fsp3) is 0.444. The first kappa shape index (κ1) is 32.1. The lowest BCUT2D eigenvalue weighted by Crippen LogP contribution is -2.40. The summed E-state index contributed by atoms with van der Waals surface area (Å²) in [7, 11) is 2.09. The molecule has 1 saturated heterocycles. The monoisotopic (exact) mass is 624 g/mol. The molecule has 1 aliphatic heterocycles. The lowest BCUT2D eigenvalue weighted by atomic mass is 9.91. The van der Waals surface area contributed by atoms with E-state index < -0.39 is 66.1 Å². The van der Waals surface area contributed by atoms with E-state index in [0.29, 0.717) is 0 Å². The number of hydrogen-bond donors (Lipinski definition) is 0. The standard InChI is InChI=1S/C27H27F3N4O10/c1-12(35)41-9-18-22(42-13(2)36)23(43-14(3)37)25(44-18)34-11-33-21-20(31-10-32-24(21)34)16-7-6-15(39-4)8-17(16)19(26(38)40-5)27(28,29)30/h6-8,10-11,18-19,22-23,25H,9H2,1-5H3/t18-,19?,22+,23-,25?/m0/s1. The van der Waals surface area contributed by atoms with Gasteiger partial charge in [0, 0.05) is 26.3 Å². The Labute approximate surface area is 247 Å². The van der Waals surface area contributed by atoms with Gasteiger partial charge >= 0.3 is 30.1 Å². The molecule has 236 valence electrons. The minimum atomic E-state index is -5.04. The van der Waals surface area contributed by atoms with Crippen molar-refractivity contribution < 1.29 is 60.8 Å². The van der Waals surface area contributed by atoms with Gasteiger partial charge in [0.25, 0.3) is 0 Å². The summed E-state index contributed by atoms with van der Waals surface area (Å²) in [6.45, 7) is 3.05. The van der Waals surface area contributed by atoms with Crippen molar-refractivity contribution in [3.8, 4) is 17.0 Å². The molecular formula is C27H27F3N4O10. The quantitative estimate of drug-likeness (QED) is 0.252. The summed E-state index contributed by atoms with van der Waals surface area (Å²) >= 11 is 0. The second-order valence-electron chi connectivity index (χ2n) is 9.51. The van der Waals surface area contributed by atoms with Crippen molar-refractivity contribution in [2.75, 3.05) is 20.8 Å². The molecule has 3 aromatic rings. The van der Waals surface area contributed by atoms with E-state index in [1.54, 1.807) is 0 Å². The van der Waals surface area contributed by atoms with Crippen molar-refractivity contribution in [1.82, 2.24) is 19.5 Å². The molecule has 17 heteroatoms. The molecule has 5 atom stereocenters. The van der Waals surface area contributed by atoms with Gasteiger partial charge in [-0.3, -0.25) is 23.7 Å². The number of rotatable bonds is 9. The van der Waals surface area contributed by atoms with Gasteiger partial charge in [-0.1, -0.05) is 0 Å². The van der Waals surface area contributed by atoms with Gasteiger partial charge in [-0.05, 0) is 23.8 Å². The first-order valence-electron chi connectivity index (χ1n) is 12.9. The van der Waals surface area contributed by atoms with Crippen LogP contribution in [-0.4, -0.2) is 88.7 Å². The Morgan fingerprint density at radius 2 is 1.66 bits per heavy atom. The van der Waals surface area contributed by atoms with E-state index in [-0.39, 0.29) is 34.8 Å². The molecule has 4 rings (SSSR count). The Morgan fingerprint density at radius 3 is 2.25 bits per heavy atom. The summed E-state index contributed by atoms with van der Waals surface area (Å²) < 4.78 is 75.4. The molecule has 0 radical (unpaired) electrons. The molecule has 2 aromatic heterocycles. The maximum atomic E-state index is 14.2. The number of alkyl halides is 3. The van der Waals surface area contributed by atoms with E-state index in [0.717, 1.165) is 40.3 Å². The predicted molar refractivity (Wildman–Crippen MR) is 140 cm³/mol. The number of carbonyl (C=O) groups is 4. The Kier molecular flexibility index (Phi) is 9.36. The number of nitrogens with zero attached hydrogens (tertiary/aromatic N) is 4. The van der Waals surface area contributed by atoms with E-state index in [4.69, 9.17) is 23.7 Å². The highest BCUT2D eigenvalue weighted by Gasteiger charge is 2.51. The number of carbonyl (C=O) groups excluding carboxylic acids is 4. The SMILES string of the molecule is COC(=O)C(c1cc(OC)ccc1-c1ncnc2c1ncn2C1O[C@@H](COC(C)=O)[C@@H](OC(C)=O)[C@@H]1OC(C)=O)C(F)(F)F. The number of fused-ring (bicyclic) bond motifs is 1. The maximum absolute atomic E-state index is 14.2. The maximum Gasteiger partial charge on any atom is 0.406 e. The molecule has 1 aromatic carbocycles. The lowest BCUT2D eigenvalue weighted by molar-refractivity contribution is -0.179. The van der Waals surface area contributed by atoms with Crippen LogP contribution >= 0.6 is 0 Å². The normalized spacial score (nSPS) is 20.5. The van der Waals surface area contributed by atoms with Crippen LogP contribution in [0.25, 0.3) is 22.4 Å². The van der Waals surface area contributed by atoms with E-state index in [2.05, 4.69) is 19.7 Å². The minimum absolute atomic E-state index is 0.0117. The number of halogens is 3. The second-order valence-corrected chi connectivity index (χ2v) is 9.51. The number of ether oxygens (including phenoxy) is 6. The summed E-state index contributed by atoms with van der Waals surface area (Å²) in [6.07, 6.45) is -7.61. The van der Waals surface area contributed by atoms with Gasteiger partial charge in [-0.2, -0.15) is 13.2 Å². The zero-order chi connectivity index (χ0) is 32.3.